The minimum atomic E-state index is 0.576. The number of methoxy groups -OCH3 is 1. The van der Waals surface area contributed by atoms with Crippen LogP contribution in [-0.4, -0.2) is 19.7 Å². The number of ether oxygens (including phenoxy) is 1. The van der Waals surface area contributed by atoms with Gasteiger partial charge in [0.1, 0.15) is 5.75 Å². The summed E-state index contributed by atoms with van der Waals surface area (Å²) in [6.45, 7) is 12.1. The topological polar surface area (TPSA) is 21.3 Å². The average molecular weight is 356 g/mol. The van der Waals surface area contributed by atoms with Gasteiger partial charge in [-0.05, 0) is 68.3 Å². The molecular weight excluding hydrogens is 326 g/mol. The fourth-order valence-electron chi connectivity index (χ4n) is 2.66. The normalized spacial score (nSPS) is 12.8. The number of nitrogens with one attached hydrogen (secondary N) is 1. The van der Waals surface area contributed by atoms with Crippen molar-refractivity contribution in [1.82, 2.24) is 5.32 Å². The van der Waals surface area contributed by atoms with E-state index in [0.717, 1.165) is 24.6 Å². The molecule has 1 rings (SSSR count). The maximum Gasteiger partial charge on any atom is 0.125 e. The van der Waals surface area contributed by atoms with E-state index in [2.05, 4.69) is 61.9 Å². The van der Waals surface area contributed by atoms with E-state index in [1.165, 1.54) is 34.0 Å². The Bertz CT molecular complexity index is 457. The zero-order chi connectivity index (χ0) is 16.0. The van der Waals surface area contributed by atoms with E-state index in [9.17, 15) is 0 Å². The van der Waals surface area contributed by atoms with Crippen LogP contribution in [0.4, 0.5) is 0 Å². The summed E-state index contributed by atoms with van der Waals surface area (Å²) in [5.74, 6) is 1.78. The molecule has 0 radical (unpaired) electrons. The van der Waals surface area contributed by atoms with Crippen LogP contribution in [-0.2, 0) is 6.42 Å². The summed E-state index contributed by atoms with van der Waals surface area (Å²) in [6, 6.07) is 2.72. The Kier molecular flexibility index (Phi) is 7.75. The molecular formula is C18H30BrNO. The number of halogens is 1. The first kappa shape index (κ1) is 18.5. The molecule has 0 aliphatic carbocycles. The van der Waals surface area contributed by atoms with Crippen LogP contribution in [0, 0.1) is 19.8 Å². The van der Waals surface area contributed by atoms with Crippen molar-refractivity contribution in [2.45, 2.75) is 59.9 Å². The van der Waals surface area contributed by atoms with Gasteiger partial charge >= 0.3 is 0 Å². The van der Waals surface area contributed by atoms with Crippen LogP contribution in [0.1, 0.15) is 50.3 Å². The molecule has 2 nitrogen and oxygen atoms in total. The highest BCUT2D eigenvalue weighted by atomic mass is 79.9. The van der Waals surface area contributed by atoms with Gasteiger partial charge in [-0.15, -0.1) is 0 Å². The molecule has 120 valence electrons. The number of hydrogen-bond acceptors (Lipinski definition) is 2. The van der Waals surface area contributed by atoms with Crippen molar-refractivity contribution < 1.29 is 4.74 Å². The second-order valence-corrected chi connectivity index (χ2v) is 7.21. The molecule has 1 aromatic rings. The highest BCUT2D eigenvalue weighted by molar-refractivity contribution is 9.10. The number of hydrogen-bond donors (Lipinski definition) is 1. The van der Waals surface area contributed by atoms with Crippen molar-refractivity contribution >= 4 is 15.9 Å². The second-order valence-electron chi connectivity index (χ2n) is 6.35. The molecule has 1 N–H and O–H groups in total. The SMILES string of the molecule is COc1c(C)cc(Br)c(C)c1CCC(C)CCNC(C)C. The lowest BCUT2D eigenvalue weighted by atomic mass is 9.94. The summed E-state index contributed by atoms with van der Waals surface area (Å²) in [4.78, 5) is 0. The fraction of sp³-hybridized carbons (Fsp3) is 0.667. The van der Waals surface area contributed by atoms with Crippen molar-refractivity contribution in [3.8, 4) is 5.75 Å². The van der Waals surface area contributed by atoms with Crippen molar-refractivity contribution in [3.63, 3.8) is 0 Å². The predicted molar refractivity (Wildman–Crippen MR) is 95.4 cm³/mol. The van der Waals surface area contributed by atoms with Gasteiger partial charge in [0.2, 0.25) is 0 Å². The highest BCUT2D eigenvalue weighted by Crippen LogP contribution is 2.33. The minimum absolute atomic E-state index is 0.576. The standard InChI is InChI=1S/C18H30BrNO/c1-12(2)20-10-9-13(3)7-8-16-15(5)17(19)11-14(4)18(16)21-6/h11-13,20H,7-10H2,1-6H3. The summed E-state index contributed by atoms with van der Waals surface area (Å²) >= 11 is 3.66. The molecule has 3 heteroatoms. The summed E-state index contributed by atoms with van der Waals surface area (Å²) in [5.41, 5.74) is 3.87. The lowest BCUT2D eigenvalue weighted by Gasteiger charge is -2.18. The lowest BCUT2D eigenvalue weighted by Crippen LogP contribution is -2.25. The Morgan fingerprint density at radius 2 is 1.86 bits per heavy atom. The van der Waals surface area contributed by atoms with E-state index in [0.29, 0.717) is 6.04 Å². The third-order valence-corrected chi connectivity index (χ3v) is 4.89. The van der Waals surface area contributed by atoms with Crippen LogP contribution in [0.2, 0.25) is 0 Å². The Morgan fingerprint density at radius 3 is 2.43 bits per heavy atom. The first-order chi connectivity index (χ1) is 9.86. The van der Waals surface area contributed by atoms with Gasteiger partial charge in [0.25, 0.3) is 0 Å². The Balaban J connectivity index is 2.66. The first-order valence-electron chi connectivity index (χ1n) is 7.92. The molecule has 1 aromatic carbocycles. The lowest BCUT2D eigenvalue weighted by molar-refractivity contribution is 0.400. The van der Waals surface area contributed by atoms with E-state index >= 15 is 0 Å². The molecule has 0 saturated heterocycles. The third kappa shape index (κ3) is 5.63. The van der Waals surface area contributed by atoms with Gasteiger partial charge in [-0.2, -0.15) is 0 Å². The van der Waals surface area contributed by atoms with Crippen molar-refractivity contribution in [2.24, 2.45) is 5.92 Å². The summed E-state index contributed by atoms with van der Waals surface area (Å²) in [7, 11) is 1.77. The molecule has 0 heterocycles. The van der Waals surface area contributed by atoms with Crippen LogP contribution in [0.5, 0.6) is 5.75 Å². The number of benzene rings is 1. The highest BCUT2D eigenvalue weighted by Gasteiger charge is 2.14. The smallest absolute Gasteiger partial charge is 0.125 e. The van der Waals surface area contributed by atoms with E-state index in [1.807, 2.05) is 0 Å². The Hall–Kier alpha value is -0.540. The molecule has 0 spiro atoms. The van der Waals surface area contributed by atoms with Gasteiger partial charge in [-0.3, -0.25) is 0 Å². The molecule has 0 saturated carbocycles. The summed E-state index contributed by atoms with van der Waals surface area (Å²) < 4.78 is 6.81. The quantitative estimate of drug-likeness (QED) is 0.705. The number of rotatable bonds is 8. The zero-order valence-electron chi connectivity index (χ0n) is 14.3. The van der Waals surface area contributed by atoms with Crippen molar-refractivity contribution in [3.05, 3.63) is 27.2 Å². The van der Waals surface area contributed by atoms with E-state index in [1.54, 1.807) is 7.11 Å². The Morgan fingerprint density at radius 1 is 1.19 bits per heavy atom. The fourth-order valence-corrected chi connectivity index (χ4v) is 3.24. The van der Waals surface area contributed by atoms with Crippen molar-refractivity contribution in [1.29, 1.82) is 0 Å². The minimum Gasteiger partial charge on any atom is -0.496 e. The summed E-state index contributed by atoms with van der Waals surface area (Å²) in [5, 5.41) is 3.49. The van der Waals surface area contributed by atoms with E-state index < -0.39 is 0 Å². The van der Waals surface area contributed by atoms with Crippen LogP contribution in [0.3, 0.4) is 0 Å². The molecule has 0 aliphatic heterocycles. The molecule has 1 unspecified atom stereocenters. The van der Waals surface area contributed by atoms with Gasteiger partial charge in [0.15, 0.2) is 0 Å². The molecule has 1 atom stereocenters. The molecule has 0 amide bonds. The van der Waals surface area contributed by atoms with Gasteiger partial charge in [-0.25, -0.2) is 0 Å². The monoisotopic (exact) mass is 355 g/mol. The van der Waals surface area contributed by atoms with E-state index in [-0.39, 0.29) is 0 Å². The first-order valence-corrected chi connectivity index (χ1v) is 8.72. The van der Waals surface area contributed by atoms with Crippen LogP contribution in [0.25, 0.3) is 0 Å². The van der Waals surface area contributed by atoms with Gasteiger partial charge in [0, 0.05) is 10.5 Å². The third-order valence-electron chi connectivity index (χ3n) is 4.07. The zero-order valence-corrected chi connectivity index (χ0v) is 15.9. The molecule has 0 aromatic heterocycles. The second kappa shape index (κ2) is 8.79. The van der Waals surface area contributed by atoms with Crippen molar-refractivity contribution in [2.75, 3.05) is 13.7 Å². The van der Waals surface area contributed by atoms with Gasteiger partial charge in [-0.1, -0.05) is 36.7 Å². The van der Waals surface area contributed by atoms with Crippen LogP contribution < -0.4 is 10.1 Å². The summed E-state index contributed by atoms with van der Waals surface area (Å²) in [6.07, 6.45) is 3.51. The molecule has 0 aliphatic rings. The van der Waals surface area contributed by atoms with Gasteiger partial charge in [0.05, 0.1) is 7.11 Å². The average Bonchev–Trinajstić information content (AvgIpc) is 2.40. The molecule has 21 heavy (non-hydrogen) atoms. The number of aryl methyl sites for hydroxylation is 1. The van der Waals surface area contributed by atoms with Crippen LogP contribution >= 0.6 is 15.9 Å². The molecule has 0 bridgehead atoms. The van der Waals surface area contributed by atoms with E-state index in [4.69, 9.17) is 4.74 Å². The Labute approximate surface area is 138 Å². The molecule has 0 fully saturated rings. The largest absolute Gasteiger partial charge is 0.496 e. The predicted octanol–water partition coefficient (Wildman–Crippen LogP) is 5.03. The maximum atomic E-state index is 5.62. The van der Waals surface area contributed by atoms with Gasteiger partial charge < -0.3 is 10.1 Å². The van der Waals surface area contributed by atoms with Crippen LogP contribution in [0.15, 0.2) is 10.5 Å². The maximum absolute atomic E-state index is 5.62.